The van der Waals surface area contributed by atoms with E-state index < -0.39 is 33.4 Å². The van der Waals surface area contributed by atoms with Gasteiger partial charge >= 0.3 is 0 Å². The lowest BCUT2D eigenvalue weighted by Gasteiger charge is -2.38. The van der Waals surface area contributed by atoms with Gasteiger partial charge in [-0.1, -0.05) is 39.0 Å². The molecule has 3 amide bonds. The van der Waals surface area contributed by atoms with Crippen LogP contribution in [0.25, 0.3) is 10.9 Å². The number of rotatable bonds is 10. The van der Waals surface area contributed by atoms with Crippen LogP contribution in [0.15, 0.2) is 48.8 Å². The number of benzene rings is 2. The molecule has 0 aliphatic carbocycles. The molecule has 2 aromatic carbocycles. The average Bonchev–Trinajstić information content (AvgIpc) is 3.57. The fourth-order valence-corrected chi connectivity index (χ4v) is 7.31. The lowest BCUT2D eigenvalue weighted by molar-refractivity contribution is -0.143. The number of anilines is 3. The van der Waals surface area contributed by atoms with Gasteiger partial charge in [0.2, 0.25) is 17.7 Å². The molecule has 2 aliphatic rings. The summed E-state index contributed by atoms with van der Waals surface area (Å²) in [5, 5.41) is 13.2. The van der Waals surface area contributed by atoms with E-state index >= 15 is 0 Å². The number of hydrogen-bond acceptors (Lipinski definition) is 11. The lowest BCUT2D eigenvalue weighted by Crippen LogP contribution is -2.59. The molecule has 0 unspecified atom stereocenters. The second kappa shape index (κ2) is 14.6. The molecule has 3 aromatic rings. The maximum atomic E-state index is 14.0. The summed E-state index contributed by atoms with van der Waals surface area (Å²) in [5.41, 5.74) is 1.11. The predicted molar refractivity (Wildman–Crippen MR) is 188 cm³/mol. The summed E-state index contributed by atoms with van der Waals surface area (Å²) < 4.78 is 30.3. The molecular weight excluding hydrogens is 648 g/mol. The molecular formula is C34H46N8O6S. The van der Waals surface area contributed by atoms with E-state index in [0.29, 0.717) is 47.5 Å². The minimum absolute atomic E-state index is 0.0133. The fraction of sp³-hybridized carbons (Fsp3) is 0.500. The minimum Gasteiger partial charge on any atom is -0.494 e. The topological polar surface area (TPSA) is 166 Å². The highest BCUT2D eigenvalue weighted by molar-refractivity contribution is 7.91. The molecule has 3 N–H and O–H groups in total. The van der Waals surface area contributed by atoms with Crippen LogP contribution in [-0.2, 0) is 24.2 Å². The van der Waals surface area contributed by atoms with Crippen molar-refractivity contribution in [1.29, 1.82) is 0 Å². The van der Waals surface area contributed by atoms with Gasteiger partial charge in [0.05, 0.1) is 41.5 Å². The molecule has 2 saturated heterocycles. The number of hydrogen-bond donors (Lipinski definition) is 3. The molecule has 0 spiro atoms. The monoisotopic (exact) mass is 694 g/mol. The molecule has 0 radical (unpaired) electrons. The van der Waals surface area contributed by atoms with Crippen molar-refractivity contribution in [2.75, 3.05) is 55.6 Å². The van der Waals surface area contributed by atoms with Gasteiger partial charge in [0.25, 0.3) is 0 Å². The first-order valence-electron chi connectivity index (χ1n) is 16.5. The van der Waals surface area contributed by atoms with E-state index in [0.717, 1.165) is 5.69 Å². The van der Waals surface area contributed by atoms with Gasteiger partial charge in [-0.25, -0.2) is 23.4 Å². The quantitative estimate of drug-likeness (QED) is 0.286. The van der Waals surface area contributed by atoms with Crippen LogP contribution in [0, 0.1) is 5.41 Å². The number of amides is 3. The number of carbonyl (C=O) groups is 3. The Bertz CT molecular complexity index is 1790. The third-order valence-corrected chi connectivity index (χ3v) is 10.7. The van der Waals surface area contributed by atoms with Crippen LogP contribution in [0.4, 0.5) is 17.2 Å². The average molecular weight is 695 g/mol. The van der Waals surface area contributed by atoms with Gasteiger partial charge in [0.1, 0.15) is 24.2 Å². The van der Waals surface area contributed by atoms with Crippen LogP contribution in [0.3, 0.4) is 0 Å². The first-order chi connectivity index (χ1) is 23.2. The van der Waals surface area contributed by atoms with Crippen LogP contribution in [0.1, 0.15) is 40.5 Å². The molecule has 2 aliphatic heterocycles. The van der Waals surface area contributed by atoms with Crippen molar-refractivity contribution in [3.63, 3.8) is 0 Å². The first kappa shape index (κ1) is 36.0. The maximum absolute atomic E-state index is 14.0. The SMILES string of the molecule is CN[C@@H](C)C(=O)N[C@H](C(=O)N1CCC[C@H]1C(=O)Nc1cc2c(N(c3ccccc3)N3CCS(=O)(=O)CC3)ncnc2cc1OC)C(C)(C)C. The highest BCUT2D eigenvalue weighted by atomic mass is 32.2. The molecule has 0 bridgehead atoms. The highest BCUT2D eigenvalue weighted by Gasteiger charge is 2.42. The van der Waals surface area contributed by atoms with Crippen molar-refractivity contribution >= 4 is 55.7 Å². The summed E-state index contributed by atoms with van der Waals surface area (Å²) in [7, 11) is 0.0270. The Morgan fingerprint density at radius 1 is 1.04 bits per heavy atom. The smallest absolute Gasteiger partial charge is 0.247 e. The van der Waals surface area contributed by atoms with Crippen molar-refractivity contribution in [3.8, 4) is 5.75 Å². The van der Waals surface area contributed by atoms with Gasteiger partial charge in [0.15, 0.2) is 15.7 Å². The zero-order valence-corrected chi connectivity index (χ0v) is 29.7. The molecule has 49 heavy (non-hydrogen) atoms. The van der Waals surface area contributed by atoms with E-state index in [4.69, 9.17) is 4.74 Å². The van der Waals surface area contributed by atoms with E-state index in [1.54, 1.807) is 31.0 Å². The highest BCUT2D eigenvalue weighted by Crippen LogP contribution is 2.37. The van der Waals surface area contributed by atoms with Gasteiger partial charge in [-0.2, -0.15) is 0 Å². The first-order valence-corrected chi connectivity index (χ1v) is 18.3. The van der Waals surface area contributed by atoms with Gasteiger partial charge < -0.3 is 25.6 Å². The van der Waals surface area contributed by atoms with Crippen molar-refractivity contribution in [2.24, 2.45) is 5.41 Å². The zero-order chi connectivity index (χ0) is 35.5. The Morgan fingerprint density at radius 3 is 2.37 bits per heavy atom. The molecule has 14 nitrogen and oxygen atoms in total. The van der Waals surface area contributed by atoms with E-state index in [-0.39, 0.29) is 42.3 Å². The fourth-order valence-electron chi connectivity index (χ4n) is 6.13. The predicted octanol–water partition coefficient (Wildman–Crippen LogP) is 2.49. The standard InChI is InChI=1S/C34H46N8O6S/c1-22(35-5)31(43)39-29(34(2,3)4)33(45)41-14-10-13-27(41)32(44)38-26-19-24-25(20-28(26)48-6)36-21-37-30(24)42(23-11-8-7-9-12-23)40-15-17-49(46,47)18-16-40/h7-9,11-12,19-22,27,29,35H,10,13-18H2,1-6H3,(H,38,44)(H,39,43)/t22-,27-,29+/m0/s1. The van der Waals surface area contributed by atoms with Crippen molar-refractivity contribution < 1.29 is 27.5 Å². The van der Waals surface area contributed by atoms with Gasteiger partial charge in [-0.15, -0.1) is 0 Å². The molecule has 1 aromatic heterocycles. The largest absolute Gasteiger partial charge is 0.494 e. The third-order valence-electron chi connectivity index (χ3n) is 9.06. The molecule has 15 heteroatoms. The van der Waals surface area contributed by atoms with Crippen molar-refractivity contribution in [1.82, 2.24) is 30.5 Å². The number of methoxy groups -OCH3 is 1. The Morgan fingerprint density at radius 2 is 1.73 bits per heavy atom. The summed E-state index contributed by atoms with van der Waals surface area (Å²) >= 11 is 0. The summed E-state index contributed by atoms with van der Waals surface area (Å²) in [4.78, 5) is 51.4. The number of ether oxygens (including phenoxy) is 1. The number of likely N-dealkylation sites (N-methyl/N-ethyl adjacent to an activating group) is 1. The summed E-state index contributed by atoms with van der Waals surface area (Å²) in [5.74, 6) is -0.0941. The number of nitrogens with zero attached hydrogens (tertiary/aromatic N) is 5. The number of likely N-dealkylation sites (tertiary alicyclic amines) is 1. The van der Waals surface area contributed by atoms with Crippen LogP contribution in [0.5, 0.6) is 5.75 Å². The summed E-state index contributed by atoms with van der Waals surface area (Å²) in [6, 6.07) is 10.9. The number of fused-ring (bicyclic) bond motifs is 1. The van der Waals surface area contributed by atoms with Crippen LogP contribution in [-0.4, -0.2) is 109 Å². The Labute approximate surface area is 287 Å². The van der Waals surface area contributed by atoms with Gasteiger partial charge in [0, 0.05) is 31.1 Å². The summed E-state index contributed by atoms with van der Waals surface area (Å²) in [6.07, 6.45) is 2.53. The number of carbonyl (C=O) groups excluding carboxylic acids is 3. The number of aromatic nitrogens is 2. The minimum atomic E-state index is -3.15. The van der Waals surface area contributed by atoms with E-state index in [2.05, 4.69) is 25.9 Å². The molecule has 2 fully saturated rings. The molecule has 3 atom stereocenters. The Balaban J connectivity index is 1.47. The van der Waals surface area contributed by atoms with E-state index in [9.17, 15) is 22.8 Å². The van der Waals surface area contributed by atoms with Gasteiger partial charge in [-0.05, 0) is 50.4 Å². The Kier molecular flexibility index (Phi) is 10.7. The zero-order valence-electron chi connectivity index (χ0n) is 28.9. The molecule has 264 valence electrons. The van der Waals surface area contributed by atoms with Gasteiger partial charge in [-0.3, -0.25) is 19.4 Å². The summed E-state index contributed by atoms with van der Waals surface area (Å²) in [6.45, 7) is 8.29. The van der Waals surface area contributed by atoms with Crippen LogP contribution >= 0.6 is 0 Å². The normalized spacial score (nSPS) is 19.2. The van der Waals surface area contributed by atoms with Crippen molar-refractivity contribution in [3.05, 3.63) is 48.8 Å². The number of hydrazine groups is 1. The third kappa shape index (κ3) is 7.94. The van der Waals surface area contributed by atoms with Crippen LogP contribution in [0.2, 0.25) is 0 Å². The molecule has 0 saturated carbocycles. The molecule has 5 rings (SSSR count). The van der Waals surface area contributed by atoms with E-state index in [1.807, 2.05) is 61.1 Å². The maximum Gasteiger partial charge on any atom is 0.247 e. The number of sulfone groups is 1. The second-order valence-electron chi connectivity index (χ2n) is 13.5. The second-order valence-corrected chi connectivity index (χ2v) is 15.8. The van der Waals surface area contributed by atoms with Crippen LogP contribution < -0.4 is 25.7 Å². The molecule has 3 heterocycles. The number of para-hydroxylation sites is 1. The number of nitrogens with one attached hydrogen (secondary N) is 3. The lowest BCUT2D eigenvalue weighted by atomic mass is 9.85. The van der Waals surface area contributed by atoms with E-state index in [1.165, 1.54) is 13.4 Å². The van der Waals surface area contributed by atoms with Crippen molar-refractivity contribution in [2.45, 2.75) is 58.7 Å². The Hall–Kier alpha value is -4.34.